The molecule has 0 unspecified atom stereocenters. The Labute approximate surface area is 162 Å². The SMILES string of the molecule is Cc1ccc(NC(=O)c2cc(NCCc3ccc(F)cc3)ccn2)cc1Cl. The highest BCUT2D eigenvalue weighted by Gasteiger charge is 2.09. The van der Waals surface area contributed by atoms with Crippen LogP contribution in [0.1, 0.15) is 21.6 Å². The molecule has 2 aromatic carbocycles. The van der Waals surface area contributed by atoms with Crippen LogP contribution in [0.5, 0.6) is 0 Å². The van der Waals surface area contributed by atoms with Crippen LogP contribution in [0.4, 0.5) is 15.8 Å². The van der Waals surface area contributed by atoms with Gasteiger partial charge in [0.15, 0.2) is 0 Å². The highest BCUT2D eigenvalue weighted by atomic mass is 35.5. The van der Waals surface area contributed by atoms with Crippen molar-refractivity contribution in [3.63, 3.8) is 0 Å². The highest BCUT2D eigenvalue weighted by molar-refractivity contribution is 6.31. The summed E-state index contributed by atoms with van der Waals surface area (Å²) in [5, 5.41) is 6.63. The van der Waals surface area contributed by atoms with Gasteiger partial charge in [0, 0.05) is 29.1 Å². The van der Waals surface area contributed by atoms with Crippen LogP contribution in [0.2, 0.25) is 5.02 Å². The van der Waals surface area contributed by atoms with Crippen LogP contribution in [-0.4, -0.2) is 17.4 Å². The molecule has 1 aromatic heterocycles. The standard InChI is InChI=1S/C21H19ClFN3O/c1-14-2-7-18(12-19(14)22)26-21(27)20-13-17(9-11-25-20)24-10-8-15-3-5-16(23)6-4-15/h2-7,9,11-13H,8,10H2,1H3,(H,24,25)(H,26,27). The molecule has 0 aliphatic rings. The van der Waals surface area contributed by atoms with Crippen LogP contribution < -0.4 is 10.6 Å². The van der Waals surface area contributed by atoms with Crippen molar-refractivity contribution in [3.05, 3.63) is 88.5 Å². The van der Waals surface area contributed by atoms with Gasteiger partial charge in [0.2, 0.25) is 0 Å². The molecule has 0 fully saturated rings. The van der Waals surface area contributed by atoms with Crippen molar-refractivity contribution < 1.29 is 9.18 Å². The summed E-state index contributed by atoms with van der Waals surface area (Å²) in [5.41, 5.74) is 3.69. The lowest BCUT2D eigenvalue weighted by atomic mass is 10.1. The fourth-order valence-electron chi connectivity index (χ4n) is 2.53. The summed E-state index contributed by atoms with van der Waals surface area (Å²) in [6.45, 7) is 2.56. The maximum absolute atomic E-state index is 12.9. The molecule has 2 N–H and O–H groups in total. The van der Waals surface area contributed by atoms with Gasteiger partial charge >= 0.3 is 0 Å². The van der Waals surface area contributed by atoms with E-state index in [0.717, 1.165) is 23.2 Å². The van der Waals surface area contributed by atoms with Gasteiger partial charge in [-0.2, -0.15) is 0 Å². The Hall–Kier alpha value is -2.92. The first-order chi connectivity index (χ1) is 13.0. The number of hydrogen-bond acceptors (Lipinski definition) is 3. The van der Waals surface area contributed by atoms with E-state index in [2.05, 4.69) is 15.6 Å². The Morgan fingerprint density at radius 2 is 1.85 bits per heavy atom. The number of aromatic nitrogens is 1. The monoisotopic (exact) mass is 383 g/mol. The number of nitrogens with one attached hydrogen (secondary N) is 2. The largest absolute Gasteiger partial charge is 0.385 e. The van der Waals surface area contributed by atoms with E-state index in [4.69, 9.17) is 11.6 Å². The van der Waals surface area contributed by atoms with E-state index in [0.29, 0.717) is 22.9 Å². The molecule has 6 heteroatoms. The van der Waals surface area contributed by atoms with Crippen molar-refractivity contribution in [2.75, 3.05) is 17.2 Å². The van der Waals surface area contributed by atoms with Crippen molar-refractivity contribution in [2.24, 2.45) is 0 Å². The van der Waals surface area contributed by atoms with Crippen LogP contribution in [0, 0.1) is 12.7 Å². The van der Waals surface area contributed by atoms with Crippen LogP contribution in [0.25, 0.3) is 0 Å². The smallest absolute Gasteiger partial charge is 0.274 e. The molecule has 0 spiro atoms. The number of carbonyl (C=O) groups is 1. The zero-order valence-electron chi connectivity index (χ0n) is 14.8. The number of anilines is 2. The number of aryl methyl sites for hydroxylation is 1. The number of carbonyl (C=O) groups excluding carboxylic acids is 1. The quantitative estimate of drug-likeness (QED) is 0.623. The Morgan fingerprint density at radius 1 is 1.07 bits per heavy atom. The minimum Gasteiger partial charge on any atom is -0.385 e. The first-order valence-electron chi connectivity index (χ1n) is 8.53. The van der Waals surface area contributed by atoms with E-state index in [1.54, 1.807) is 42.6 Å². The summed E-state index contributed by atoms with van der Waals surface area (Å²) >= 11 is 6.09. The van der Waals surface area contributed by atoms with Gasteiger partial charge in [-0.15, -0.1) is 0 Å². The maximum atomic E-state index is 12.9. The summed E-state index contributed by atoms with van der Waals surface area (Å²) in [5.74, 6) is -0.552. The van der Waals surface area contributed by atoms with E-state index in [1.807, 2.05) is 13.0 Å². The summed E-state index contributed by atoms with van der Waals surface area (Å²) in [6.07, 6.45) is 2.32. The molecule has 4 nitrogen and oxygen atoms in total. The second kappa shape index (κ2) is 8.64. The molecule has 1 amide bonds. The van der Waals surface area contributed by atoms with Crippen molar-refractivity contribution in [1.82, 2.24) is 4.98 Å². The van der Waals surface area contributed by atoms with E-state index >= 15 is 0 Å². The van der Waals surface area contributed by atoms with Gasteiger partial charge < -0.3 is 10.6 Å². The van der Waals surface area contributed by atoms with Gasteiger partial charge in [-0.1, -0.05) is 29.8 Å². The molecular formula is C21H19ClFN3O. The Kier molecular flexibility index (Phi) is 6.04. The van der Waals surface area contributed by atoms with Crippen LogP contribution in [0.15, 0.2) is 60.8 Å². The van der Waals surface area contributed by atoms with Crippen LogP contribution in [-0.2, 0) is 6.42 Å². The van der Waals surface area contributed by atoms with Crippen molar-refractivity contribution >= 4 is 28.9 Å². The highest BCUT2D eigenvalue weighted by Crippen LogP contribution is 2.20. The molecule has 0 aliphatic carbocycles. The number of nitrogens with zero attached hydrogens (tertiary/aromatic N) is 1. The van der Waals surface area contributed by atoms with Gasteiger partial charge in [-0.05, 0) is 60.9 Å². The fourth-order valence-corrected chi connectivity index (χ4v) is 2.71. The molecule has 27 heavy (non-hydrogen) atoms. The third-order valence-corrected chi connectivity index (χ3v) is 4.49. The first-order valence-corrected chi connectivity index (χ1v) is 8.91. The minimum atomic E-state index is -0.308. The number of pyridine rings is 1. The Morgan fingerprint density at radius 3 is 2.59 bits per heavy atom. The first kappa shape index (κ1) is 18.9. The lowest BCUT2D eigenvalue weighted by Gasteiger charge is -2.09. The maximum Gasteiger partial charge on any atom is 0.274 e. The zero-order chi connectivity index (χ0) is 19.2. The van der Waals surface area contributed by atoms with Gasteiger partial charge in [-0.25, -0.2) is 4.39 Å². The molecule has 0 radical (unpaired) electrons. The molecule has 0 saturated carbocycles. The lowest BCUT2D eigenvalue weighted by Crippen LogP contribution is -2.14. The summed E-state index contributed by atoms with van der Waals surface area (Å²) in [4.78, 5) is 16.5. The van der Waals surface area contributed by atoms with E-state index < -0.39 is 0 Å². The van der Waals surface area contributed by atoms with Crippen molar-refractivity contribution in [2.45, 2.75) is 13.3 Å². The van der Waals surface area contributed by atoms with Gasteiger partial charge in [0.25, 0.3) is 5.91 Å². The molecule has 3 aromatic rings. The molecule has 3 rings (SSSR count). The Bertz CT molecular complexity index is 944. The topological polar surface area (TPSA) is 54.0 Å². The predicted octanol–water partition coefficient (Wildman–Crippen LogP) is 5.09. The second-order valence-corrected chi connectivity index (χ2v) is 6.56. The third-order valence-electron chi connectivity index (χ3n) is 4.08. The van der Waals surface area contributed by atoms with Crippen LogP contribution >= 0.6 is 11.6 Å². The molecule has 1 heterocycles. The molecule has 138 valence electrons. The van der Waals surface area contributed by atoms with Gasteiger partial charge in [0.1, 0.15) is 11.5 Å². The lowest BCUT2D eigenvalue weighted by molar-refractivity contribution is 0.102. The fraction of sp³-hybridized carbons (Fsp3) is 0.143. The molecule has 0 aliphatic heterocycles. The molecular weight excluding hydrogens is 365 g/mol. The van der Waals surface area contributed by atoms with Gasteiger partial charge in [0.05, 0.1) is 0 Å². The third kappa shape index (κ3) is 5.28. The van der Waals surface area contributed by atoms with Crippen molar-refractivity contribution in [1.29, 1.82) is 0 Å². The zero-order valence-corrected chi connectivity index (χ0v) is 15.6. The van der Waals surface area contributed by atoms with Crippen LogP contribution in [0.3, 0.4) is 0 Å². The number of amides is 1. The van der Waals surface area contributed by atoms with E-state index in [-0.39, 0.29) is 11.7 Å². The molecule has 0 saturated heterocycles. The second-order valence-electron chi connectivity index (χ2n) is 6.15. The van der Waals surface area contributed by atoms with Gasteiger partial charge in [-0.3, -0.25) is 9.78 Å². The predicted molar refractivity (Wildman–Crippen MR) is 107 cm³/mol. The molecule has 0 bridgehead atoms. The number of rotatable bonds is 6. The normalized spacial score (nSPS) is 10.5. The molecule has 0 atom stereocenters. The number of halogens is 2. The summed E-state index contributed by atoms with van der Waals surface area (Å²) in [6, 6.07) is 15.2. The number of benzene rings is 2. The number of hydrogen-bond donors (Lipinski definition) is 2. The Balaban J connectivity index is 1.59. The average Bonchev–Trinajstić information content (AvgIpc) is 2.66. The summed E-state index contributed by atoms with van der Waals surface area (Å²) < 4.78 is 12.9. The average molecular weight is 384 g/mol. The van der Waals surface area contributed by atoms with E-state index in [1.165, 1.54) is 12.1 Å². The minimum absolute atomic E-state index is 0.244. The van der Waals surface area contributed by atoms with E-state index in [9.17, 15) is 9.18 Å². The summed E-state index contributed by atoms with van der Waals surface area (Å²) in [7, 11) is 0. The van der Waals surface area contributed by atoms with Crippen molar-refractivity contribution in [3.8, 4) is 0 Å².